The summed E-state index contributed by atoms with van der Waals surface area (Å²) >= 11 is 1.82. The fraction of sp³-hybridized carbons (Fsp3) is 0.500. The molecule has 2 rings (SSSR count). The average molecular weight is 289 g/mol. The van der Waals surface area contributed by atoms with Crippen molar-refractivity contribution >= 4 is 11.3 Å². The van der Waals surface area contributed by atoms with E-state index in [0.29, 0.717) is 6.04 Å². The molecule has 2 heterocycles. The van der Waals surface area contributed by atoms with Crippen LogP contribution in [0, 0.1) is 13.8 Å². The fourth-order valence-electron chi connectivity index (χ4n) is 2.21. The SMILES string of the molecule is CCCNC(Cc1cccnc1)Cc1nc(C)c(C)s1. The number of hydrogen-bond donors (Lipinski definition) is 1. The summed E-state index contributed by atoms with van der Waals surface area (Å²) in [7, 11) is 0. The lowest BCUT2D eigenvalue weighted by atomic mass is 10.1. The molecule has 0 amide bonds. The van der Waals surface area contributed by atoms with Crippen molar-refractivity contribution in [2.24, 2.45) is 0 Å². The first-order valence-corrected chi connectivity index (χ1v) is 8.06. The summed E-state index contributed by atoms with van der Waals surface area (Å²) in [6.45, 7) is 7.48. The number of thiazole rings is 1. The van der Waals surface area contributed by atoms with E-state index in [1.54, 1.807) is 0 Å². The normalized spacial score (nSPS) is 12.6. The van der Waals surface area contributed by atoms with E-state index in [9.17, 15) is 0 Å². The van der Waals surface area contributed by atoms with Gasteiger partial charge in [0, 0.05) is 29.7 Å². The Balaban J connectivity index is 2.03. The minimum atomic E-state index is 0.434. The molecule has 20 heavy (non-hydrogen) atoms. The van der Waals surface area contributed by atoms with Gasteiger partial charge in [-0.25, -0.2) is 4.98 Å². The monoisotopic (exact) mass is 289 g/mol. The van der Waals surface area contributed by atoms with Gasteiger partial charge in [-0.3, -0.25) is 4.98 Å². The molecule has 0 saturated carbocycles. The summed E-state index contributed by atoms with van der Waals surface area (Å²) in [4.78, 5) is 10.2. The predicted octanol–water partition coefficient (Wildman–Crippen LogP) is 3.31. The van der Waals surface area contributed by atoms with Gasteiger partial charge in [0.05, 0.1) is 10.7 Å². The summed E-state index contributed by atoms with van der Waals surface area (Å²) in [5.41, 5.74) is 2.45. The first kappa shape index (κ1) is 15.1. The highest BCUT2D eigenvalue weighted by Gasteiger charge is 2.13. The van der Waals surface area contributed by atoms with Crippen LogP contribution in [0.2, 0.25) is 0 Å². The van der Waals surface area contributed by atoms with E-state index < -0.39 is 0 Å². The number of aromatic nitrogens is 2. The molecule has 1 N–H and O–H groups in total. The Morgan fingerprint density at radius 2 is 2.15 bits per heavy atom. The predicted molar refractivity (Wildman–Crippen MR) is 85.3 cm³/mol. The van der Waals surface area contributed by atoms with Crippen molar-refractivity contribution < 1.29 is 0 Å². The Hall–Kier alpha value is -1.26. The van der Waals surface area contributed by atoms with Crippen molar-refractivity contribution in [1.82, 2.24) is 15.3 Å². The first-order valence-electron chi connectivity index (χ1n) is 7.24. The van der Waals surface area contributed by atoms with E-state index in [0.717, 1.165) is 25.8 Å². The van der Waals surface area contributed by atoms with Crippen molar-refractivity contribution in [1.29, 1.82) is 0 Å². The molecule has 4 heteroatoms. The zero-order valence-corrected chi connectivity index (χ0v) is 13.3. The molecular formula is C16H23N3S. The highest BCUT2D eigenvalue weighted by Crippen LogP contribution is 2.18. The van der Waals surface area contributed by atoms with Gasteiger partial charge >= 0.3 is 0 Å². The molecule has 0 aliphatic rings. The number of nitrogens with one attached hydrogen (secondary N) is 1. The van der Waals surface area contributed by atoms with E-state index in [2.05, 4.69) is 42.1 Å². The minimum absolute atomic E-state index is 0.434. The zero-order chi connectivity index (χ0) is 14.4. The topological polar surface area (TPSA) is 37.8 Å². The molecule has 0 bridgehead atoms. The van der Waals surface area contributed by atoms with Gasteiger partial charge in [-0.15, -0.1) is 11.3 Å². The van der Waals surface area contributed by atoms with E-state index in [1.807, 2.05) is 29.8 Å². The zero-order valence-electron chi connectivity index (χ0n) is 12.5. The van der Waals surface area contributed by atoms with Crippen LogP contribution >= 0.6 is 11.3 Å². The number of aryl methyl sites for hydroxylation is 2. The number of nitrogens with zero attached hydrogens (tertiary/aromatic N) is 2. The van der Waals surface area contributed by atoms with Crippen molar-refractivity contribution in [2.75, 3.05) is 6.54 Å². The molecular weight excluding hydrogens is 266 g/mol. The van der Waals surface area contributed by atoms with E-state index in [-0.39, 0.29) is 0 Å². The van der Waals surface area contributed by atoms with Crippen LogP contribution in [0.1, 0.15) is 34.5 Å². The molecule has 2 aromatic rings. The minimum Gasteiger partial charge on any atom is -0.313 e. The van der Waals surface area contributed by atoms with Gasteiger partial charge in [-0.05, 0) is 44.9 Å². The van der Waals surface area contributed by atoms with Crippen molar-refractivity contribution in [3.8, 4) is 0 Å². The van der Waals surface area contributed by atoms with E-state index in [1.165, 1.54) is 21.1 Å². The molecule has 0 radical (unpaired) electrons. The summed E-state index contributed by atoms with van der Waals surface area (Å²) in [5.74, 6) is 0. The molecule has 0 aromatic carbocycles. The van der Waals surface area contributed by atoms with Crippen LogP contribution in [0.5, 0.6) is 0 Å². The Kier molecular flexibility index (Phi) is 5.68. The fourth-order valence-corrected chi connectivity index (χ4v) is 3.22. The lowest BCUT2D eigenvalue weighted by Gasteiger charge is -2.17. The summed E-state index contributed by atoms with van der Waals surface area (Å²) in [6, 6.07) is 4.58. The van der Waals surface area contributed by atoms with Gasteiger partial charge in [0.1, 0.15) is 0 Å². The van der Waals surface area contributed by atoms with Gasteiger partial charge < -0.3 is 5.32 Å². The van der Waals surface area contributed by atoms with Crippen LogP contribution in [0.15, 0.2) is 24.5 Å². The van der Waals surface area contributed by atoms with Crippen LogP contribution in [-0.4, -0.2) is 22.6 Å². The molecule has 0 aliphatic carbocycles. The summed E-state index contributed by atoms with van der Waals surface area (Å²) in [5, 5.41) is 4.87. The second-order valence-corrected chi connectivity index (χ2v) is 6.46. The van der Waals surface area contributed by atoms with Gasteiger partial charge in [-0.1, -0.05) is 13.0 Å². The maximum atomic E-state index is 4.66. The molecule has 2 aromatic heterocycles. The molecule has 1 unspecified atom stereocenters. The Morgan fingerprint density at radius 3 is 2.75 bits per heavy atom. The highest BCUT2D eigenvalue weighted by molar-refractivity contribution is 7.11. The van der Waals surface area contributed by atoms with Crippen LogP contribution < -0.4 is 5.32 Å². The molecule has 0 spiro atoms. The van der Waals surface area contributed by atoms with Crippen molar-refractivity contribution in [3.05, 3.63) is 45.7 Å². The van der Waals surface area contributed by atoms with E-state index >= 15 is 0 Å². The van der Waals surface area contributed by atoms with Crippen LogP contribution in [0.4, 0.5) is 0 Å². The third kappa shape index (κ3) is 4.39. The van der Waals surface area contributed by atoms with E-state index in [4.69, 9.17) is 0 Å². The Labute approximate surface area is 125 Å². The van der Waals surface area contributed by atoms with Crippen molar-refractivity contribution in [3.63, 3.8) is 0 Å². The molecule has 0 saturated heterocycles. The lowest BCUT2D eigenvalue weighted by Crippen LogP contribution is -2.33. The lowest BCUT2D eigenvalue weighted by molar-refractivity contribution is 0.503. The van der Waals surface area contributed by atoms with Gasteiger partial charge in [0.2, 0.25) is 0 Å². The summed E-state index contributed by atoms with van der Waals surface area (Å²) in [6.07, 6.45) is 6.93. The highest BCUT2D eigenvalue weighted by atomic mass is 32.1. The molecule has 3 nitrogen and oxygen atoms in total. The van der Waals surface area contributed by atoms with Crippen LogP contribution in [-0.2, 0) is 12.8 Å². The third-order valence-corrected chi connectivity index (χ3v) is 4.48. The quantitative estimate of drug-likeness (QED) is 0.850. The van der Waals surface area contributed by atoms with Crippen LogP contribution in [0.25, 0.3) is 0 Å². The second kappa shape index (κ2) is 7.50. The maximum Gasteiger partial charge on any atom is 0.0946 e. The molecule has 108 valence electrons. The maximum absolute atomic E-state index is 4.66. The van der Waals surface area contributed by atoms with Crippen LogP contribution in [0.3, 0.4) is 0 Å². The van der Waals surface area contributed by atoms with Crippen molar-refractivity contribution in [2.45, 2.75) is 46.1 Å². The third-order valence-electron chi connectivity index (χ3n) is 3.38. The molecule has 0 fully saturated rings. The largest absolute Gasteiger partial charge is 0.313 e. The standard InChI is InChI=1S/C16H23N3S/c1-4-7-18-15(9-14-6-5-8-17-11-14)10-16-19-12(2)13(3)20-16/h5-6,8,11,15,18H,4,7,9-10H2,1-3H3. The molecule has 0 aliphatic heterocycles. The molecule has 1 atom stereocenters. The van der Waals surface area contributed by atoms with Gasteiger partial charge in [0.15, 0.2) is 0 Å². The first-order chi connectivity index (χ1) is 9.69. The smallest absolute Gasteiger partial charge is 0.0946 e. The number of rotatable bonds is 7. The van der Waals surface area contributed by atoms with Gasteiger partial charge in [-0.2, -0.15) is 0 Å². The number of pyridine rings is 1. The average Bonchev–Trinajstić information content (AvgIpc) is 2.76. The summed E-state index contributed by atoms with van der Waals surface area (Å²) < 4.78 is 0. The second-order valence-electron chi connectivity index (χ2n) is 5.17. The Bertz CT molecular complexity index is 502. The Morgan fingerprint density at radius 1 is 1.30 bits per heavy atom. The van der Waals surface area contributed by atoms with Gasteiger partial charge in [0.25, 0.3) is 0 Å². The number of hydrogen-bond acceptors (Lipinski definition) is 4.